The predicted molar refractivity (Wildman–Crippen MR) is 104 cm³/mol. The van der Waals surface area contributed by atoms with Gasteiger partial charge in [-0.15, -0.1) is 0 Å². The Balaban J connectivity index is 1.43. The second-order valence-electron chi connectivity index (χ2n) is 7.20. The summed E-state index contributed by atoms with van der Waals surface area (Å²) in [7, 11) is 0. The molecule has 7 heteroatoms. The first kappa shape index (κ1) is 18.3. The lowest BCUT2D eigenvalue weighted by Gasteiger charge is -2.13. The smallest absolute Gasteiger partial charge is 0.228 e. The molecule has 2 heterocycles. The van der Waals surface area contributed by atoms with E-state index >= 15 is 0 Å². The lowest BCUT2D eigenvalue weighted by atomic mass is 10.2. The zero-order valence-corrected chi connectivity index (χ0v) is 16.0. The maximum absolute atomic E-state index is 11.1. The number of benzene rings is 1. The number of fused-ring (bicyclic) bond motifs is 1. The molecule has 0 radical (unpaired) electrons. The highest BCUT2D eigenvalue weighted by Crippen LogP contribution is 2.30. The van der Waals surface area contributed by atoms with Crippen LogP contribution in [0, 0.1) is 5.92 Å². The molecule has 1 fully saturated rings. The Morgan fingerprint density at radius 3 is 2.75 bits per heavy atom. The third-order valence-electron chi connectivity index (χ3n) is 4.46. The summed E-state index contributed by atoms with van der Waals surface area (Å²) in [6, 6.07) is 9.38. The van der Waals surface area contributed by atoms with Gasteiger partial charge in [-0.1, -0.05) is 0 Å². The van der Waals surface area contributed by atoms with Gasteiger partial charge in [0, 0.05) is 18.6 Å². The molecule has 4 rings (SSSR count). The summed E-state index contributed by atoms with van der Waals surface area (Å²) in [5.74, 6) is 2.55. The Labute approximate surface area is 163 Å². The molecule has 7 nitrogen and oxygen atoms in total. The zero-order chi connectivity index (χ0) is 19.5. The van der Waals surface area contributed by atoms with Crippen LogP contribution in [-0.4, -0.2) is 35.1 Å². The summed E-state index contributed by atoms with van der Waals surface area (Å²) < 4.78 is 17.3. The molecule has 0 unspecified atom stereocenters. The number of pyridine rings is 1. The maximum atomic E-state index is 11.1. The average molecular weight is 381 g/mol. The van der Waals surface area contributed by atoms with Crippen LogP contribution in [0.1, 0.15) is 26.7 Å². The quantitative estimate of drug-likeness (QED) is 0.642. The number of aromatic nitrogens is 2. The Morgan fingerprint density at radius 1 is 1.25 bits per heavy atom. The summed E-state index contributed by atoms with van der Waals surface area (Å²) in [5, 5.41) is 2.77. The molecule has 1 amide bonds. The van der Waals surface area contributed by atoms with E-state index in [1.165, 1.54) is 19.8 Å². The van der Waals surface area contributed by atoms with Crippen molar-refractivity contribution in [2.75, 3.05) is 13.2 Å². The van der Waals surface area contributed by atoms with E-state index in [0.29, 0.717) is 29.5 Å². The second-order valence-corrected chi connectivity index (χ2v) is 7.20. The number of nitrogens with zero attached hydrogens (tertiary/aromatic N) is 2. The van der Waals surface area contributed by atoms with Crippen molar-refractivity contribution in [3.8, 4) is 23.0 Å². The van der Waals surface area contributed by atoms with Gasteiger partial charge in [0.25, 0.3) is 0 Å². The van der Waals surface area contributed by atoms with Gasteiger partial charge in [0.15, 0.2) is 11.2 Å². The van der Waals surface area contributed by atoms with Crippen LogP contribution >= 0.6 is 0 Å². The molecular weight excluding hydrogens is 358 g/mol. The zero-order valence-electron chi connectivity index (χ0n) is 16.0. The van der Waals surface area contributed by atoms with Gasteiger partial charge >= 0.3 is 0 Å². The van der Waals surface area contributed by atoms with E-state index in [1.807, 2.05) is 31.2 Å². The molecule has 146 valence electrons. The average Bonchev–Trinajstić information content (AvgIpc) is 3.41. The Kier molecular flexibility index (Phi) is 5.14. The standard InChI is InChI=1S/C21H23N3O4/c1-13(23-14(2)25)11-26-18-9-19-20(22-10-18)24-21(28-19)16-5-7-17(8-6-16)27-12-15-3-4-15/h5-10,13,15H,3-4,11-12H2,1-2H3,(H,23,25)/t13-/m0/s1. The lowest BCUT2D eigenvalue weighted by Crippen LogP contribution is -2.35. The molecule has 1 aliphatic rings. The third kappa shape index (κ3) is 4.60. The summed E-state index contributed by atoms with van der Waals surface area (Å²) in [4.78, 5) is 19.8. The van der Waals surface area contributed by atoms with Crippen molar-refractivity contribution in [3.63, 3.8) is 0 Å². The molecule has 1 saturated carbocycles. The van der Waals surface area contributed by atoms with Gasteiger partial charge in [0.05, 0.1) is 18.8 Å². The number of hydrogen-bond donors (Lipinski definition) is 1. The SMILES string of the molecule is CC(=O)N[C@@H](C)COc1cnc2nc(-c3ccc(OCC4CC4)cc3)oc2c1. The first-order valence-electron chi connectivity index (χ1n) is 9.46. The topological polar surface area (TPSA) is 86.5 Å². The number of carbonyl (C=O) groups is 1. The Hall–Kier alpha value is -3.09. The number of ether oxygens (including phenoxy) is 2. The van der Waals surface area contributed by atoms with Gasteiger partial charge in [0.2, 0.25) is 11.8 Å². The van der Waals surface area contributed by atoms with Crippen LogP contribution in [0.15, 0.2) is 40.9 Å². The van der Waals surface area contributed by atoms with Gasteiger partial charge in [-0.3, -0.25) is 4.79 Å². The summed E-state index contributed by atoms with van der Waals surface area (Å²) in [6.07, 6.45) is 4.14. The van der Waals surface area contributed by atoms with Gasteiger partial charge in [-0.05, 0) is 49.9 Å². The van der Waals surface area contributed by atoms with Crippen LogP contribution < -0.4 is 14.8 Å². The molecule has 1 atom stereocenters. The molecule has 0 spiro atoms. The molecule has 1 aromatic carbocycles. The van der Waals surface area contributed by atoms with E-state index in [2.05, 4.69) is 15.3 Å². The van der Waals surface area contributed by atoms with Crippen molar-refractivity contribution in [1.29, 1.82) is 0 Å². The Morgan fingerprint density at radius 2 is 2.04 bits per heavy atom. The summed E-state index contributed by atoms with van der Waals surface area (Å²) in [6.45, 7) is 4.48. The first-order chi connectivity index (χ1) is 13.6. The van der Waals surface area contributed by atoms with E-state index in [4.69, 9.17) is 13.9 Å². The van der Waals surface area contributed by atoms with Crippen molar-refractivity contribution in [2.24, 2.45) is 5.92 Å². The number of amides is 1. The van der Waals surface area contributed by atoms with Crippen LogP contribution in [0.4, 0.5) is 0 Å². The fourth-order valence-electron chi connectivity index (χ4n) is 2.81. The first-order valence-corrected chi connectivity index (χ1v) is 9.46. The minimum Gasteiger partial charge on any atom is -0.493 e. The fraction of sp³-hybridized carbons (Fsp3) is 0.381. The maximum Gasteiger partial charge on any atom is 0.228 e. The normalized spacial score (nSPS) is 14.6. The van der Waals surface area contributed by atoms with E-state index in [-0.39, 0.29) is 11.9 Å². The van der Waals surface area contributed by atoms with Crippen molar-refractivity contribution < 1.29 is 18.7 Å². The molecule has 28 heavy (non-hydrogen) atoms. The molecule has 2 aromatic heterocycles. The summed E-state index contributed by atoms with van der Waals surface area (Å²) >= 11 is 0. The number of nitrogens with one attached hydrogen (secondary N) is 1. The van der Waals surface area contributed by atoms with E-state index in [0.717, 1.165) is 23.8 Å². The number of rotatable bonds is 8. The number of hydrogen-bond acceptors (Lipinski definition) is 6. The molecule has 0 aliphatic heterocycles. The Bertz CT molecular complexity index is 963. The monoisotopic (exact) mass is 381 g/mol. The van der Waals surface area contributed by atoms with Crippen molar-refractivity contribution in [1.82, 2.24) is 15.3 Å². The molecule has 0 saturated heterocycles. The van der Waals surface area contributed by atoms with Crippen molar-refractivity contribution in [2.45, 2.75) is 32.7 Å². The van der Waals surface area contributed by atoms with Crippen molar-refractivity contribution >= 4 is 17.1 Å². The van der Waals surface area contributed by atoms with E-state index < -0.39 is 0 Å². The van der Waals surface area contributed by atoms with Gasteiger partial charge in [0.1, 0.15) is 18.1 Å². The molecule has 1 aliphatic carbocycles. The molecular formula is C21H23N3O4. The highest BCUT2D eigenvalue weighted by molar-refractivity contribution is 5.74. The van der Waals surface area contributed by atoms with Crippen LogP contribution in [0.3, 0.4) is 0 Å². The van der Waals surface area contributed by atoms with Crippen molar-refractivity contribution in [3.05, 3.63) is 36.5 Å². The highest BCUT2D eigenvalue weighted by atomic mass is 16.5. The van der Waals surface area contributed by atoms with Crippen LogP contribution in [0.2, 0.25) is 0 Å². The minimum absolute atomic E-state index is 0.0893. The van der Waals surface area contributed by atoms with Gasteiger partial charge in [-0.2, -0.15) is 4.98 Å². The predicted octanol–water partition coefficient (Wildman–Crippen LogP) is 3.58. The third-order valence-corrected chi connectivity index (χ3v) is 4.46. The molecule has 0 bridgehead atoms. The van der Waals surface area contributed by atoms with E-state index in [9.17, 15) is 4.79 Å². The fourth-order valence-corrected chi connectivity index (χ4v) is 2.81. The molecule has 3 aromatic rings. The summed E-state index contributed by atoms with van der Waals surface area (Å²) in [5.41, 5.74) is 1.93. The number of oxazole rings is 1. The number of carbonyl (C=O) groups excluding carboxylic acids is 1. The molecule has 1 N–H and O–H groups in total. The largest absolute Gasteiger partial charge is 0.493 e. The minimum atomic E-state index is -0.0980. The highest BCUT2D eigenvalue weighted by Gasteiger charge is 2.21. The van der Waals surface area contributed by atoms with Gasteiger partial charge < -0.3 is 19.2 Å². The van der Waals surface area contributed by atoms with Crippen LogP contribution in [0.5, 0.6) is 11.5 Å². The van der Waals surface area contributed by atoms with Crippen LogP contribution in [-0.2, 0) is 4.79 Å². The van der Waals surface area contributed by atoms with Crippen LogP contribution in [0.25, 0.3) is 22.7 Å². The van der Waals surface area contributed by atoms with E-state index in [1.54, 1.807) is 12.3 Å². The second kappa shape index (κ2) is 7.88. The lowest BCUT2D eigenvalue weighted by molar-refractivity contribution is -0.119. The van der Waals surface area contributed by atoms with Gasteiger partial charge in [-0.25, -0.2) is 4.98 Å².